The van der Waals surface area contributed by atoms with Gasteiger partial charge in [-0.25, -0.2) is 18.9 Å². The predicted molar refractivity (Wildman–Crippen MR) is 106 cm³/mol. The number of piperidine rings is 1. The van der Waals surface area contributed by atoms with Gasteiger partial charge in [-0.15, -0.1) is 5.10 Å². The third-order valence-electron chi connectivity index (χ3n) is 5.42. The van der Waals surface area contributed by atoms with Crippen molar-refractivity contribution in [2.45, 2.75) is 31.0 Å². The van der Waals surface area contributed by atoms with E-state index in [0.717, 1.165) is 22.8 Å². The number of pyridine rings is 1. The van der Waals surface area contributed by atoms with Crippen LogP contribution < -0.4 is 10.6 Å². The third kappa shape index (κ3) is 3.99. The molecule has 1 aliphatic heterocycles. The van der Waals surface area contributed by atoms with Crippen molar-refractivity contribution in [3.05, 3.63) is 35.7 Å². The number of anilines is 1. The molecule has 1 aliphatic rings. The lowest BCUT2D eigenvalue weighted by Crippen LogP contribution is -2.44. The fourth-order valence-corrected chi connectivity index (χ4v) is 3.89. The Morgan fingerprint density at radius 3 is 2.53 bits per heavy atom. The van der Waals surface area contributed by atoms with E-state index in [1.807, 2.05) is 0 Å². The van der Waals surface area contributed by atoms with Gasteiger partial charge in [0.2, 0.25) is 5.95 Å². The van der Waals surface area contributed by atoms with Crippen LogP contribution in [0.1, 0.15) is 17.5 Å². The van der Waals surface area contributed by atoms with Gasteiger partial charge in [0, 0.05) is 37.9 Å². The normalized spacial score (nSPS) is 19.7. The minimum Gasteiger partial charge on any atom is -0.350 e. The van der Waals surface area contributed by atoms with E-state index >= 15 is 0 Å². The first kappa shape index (κ1) is 22.3. The number of aromatic nitrogens is 6. The molecular formula is C19H15F7N8. The van der Waals surface area contributed by atoms with Crippen molar-refractivity contribution in [1.82, 2.24) is 35.1 Å². The molecule has 0 saturated carbocycles. The summed E-state index contributed by atoms with van der Waals surface area (Å²) in [5, 5.41) is 16.1. The number of alkyl halides is 7. The van der Waals surface area contributed by atoms with E-state index in [9.17, 15) is 30.7 Å². The number of H-pyrrole nitrogens is 1. The Labute approximate surface area is 185 Å². The molecule has 0 spiro atoms. The second kappa shape index (κ2) is 7.78. The van der Waals surface area contributed by atoms with Crippen LogP contribution in [0, 0.1) is 0 Å². The molecule has 0 aliphatic carbocycles. The van der Waals surface area contributed by atoms with Crippen molar-refractivity contribution in [2.75, 3.05) is 18.4 Å². The van der Waals surface area contributed by atoms with Crippen molar-refractivity contribution in [1.29, 1.82) is 0 Å². The Balaban J connectivity index is 1.63. The monoisotopic (exact) mass is 488 g/mol. The highest BCUT2D eigenvalue weighted by molar-refractivity contribution is 6.02. The molecular weight excluding hydrogens is 473 g/mol. The van der Waals surface area contributed by atoms with Crippen LogP contribution >= 0.6 is 0 Å². The molecule has 4 aromatic rings. The van der Waals surface area contributed by atoms with Crippen molar-refractivity contribution in [2.24, 2.45) is 0 Å². The summed E-state index contributed by atoms with van der Waals surface area (Å²) in [6, 6.07) is 1.44. The molecule has 5 rings (SSSR count). The zero-order chi connectivity index (χ0) is 24.3. The van der Waals surface area contributed by atoms with Crippen LogP contribution in [-0.4, -0.2) is 55.1 Å². The van der Waals surface area contributed by atoms with Gasteiger partial charge in [-0.1, -0.05) is 0 Å². The van der Waals surface area contributed by atoms with Gasteiger partial charge in [0.1, 0.15) is 23.1 Å². The summed E-state index contributed by atoms with van der Waals surface area (Å²) in [7, 11) is 0. The number of rotatable bonds is 3. The average molecular weight is 488 g/mol. The summed E-state index contributed by atoms with van der Waals surface area (Å²) in [6.45, 7) is 0.537. The lowest BCUT2D eigenvalue weighted by Gasteiger charge is -2.26. The minimum atomic E-state index is -4.85. The lowest BCUT2D eigenvalue weighted by atomic mass is 10.1. The van der Waals surface area contributed by atoms with Gasteiger partial charge in [0.05, 0.1) is 16.5 Å². The van der Waals surface area contributed by atoms with Gasteiger partial charge in [0.15, 0.2) is 5.65 Å². The Morgan fingerprint density at radius 2 is 1.82 bits per heavy atom. The summed E-state index contributed by atoms with van der Waals surface area (Å²) in [4.78, 5) is 7.73. The molecule has 0 aromatic carbocycles. The Bertz CT molecular complexity index is 1360. The highest BCUT2D eigenvalue weighted by Crippen LogP contribution is 2.39. The first-order chi connectivity index (χ1) is 16.0. The van der Waals surface area contributed by atoms with E-state index in [4.69, 9.17) is 0 Å². The van der Waals surface area contributed by atoms with Crippen LogP contribution in [0.25, 0.3) is 27.9 Å². The number of fused-ring (bicyclic) bond motifs is 3. The van der Waals surface area contributed by atoms with E-state index < -0.39 is 41.4 Å². The summed E-state index contributed by atoms with van der Waals surface area (Å²) >= 11 is 0. The SMILES string of the molecule is F[C@@H]1CNC[C@@H](Nc2ncc(C(F)(F)F)c(-c3n[nH]c4nn5cc(C(F)(F)F)ccc5c34)n2)C1. The summed E-state index contributed by atoms with van der Waals surface area (Å²) in [5.74, 6) is -0.170. The van der Waals surface area contributed by atoms with Gasteiger partial charge in [-0.3, -0.25) is 5.10 Å². The zero-order valence-electron chi connectivity index (χ0n) is 17.0. The van der Waals surface area contributed by atoms with Crippen molar-refractivity contribution in [3.8, 4) is 11.4 Å². The van der Waals surface area contributed by atoms with E-state index in [-0.39, 0.29) is 41.2 Å². The number of nitrogens with one attached hydrogen (secondary N) is 3. The van der Waals surface area contributed by atoms with Gasteiger partial charge >= 0.3 is 12.4 Å². The molecule has 3 N–H and O–H groups in total. The summed E-state index contributed by atoms with van der Waals surface area (Å²) in [5.41, 5.74) is -2.93. The van der Waals surface area contributed by atoms with Crippen molar-refractivity contribution >= 4 is 22.5 Å². The Kier molecular flexibility index (Phi) is 5.11. The topological polar surface area (TPSA) is 95.8 Å². The molecule has 0 amide bonds. The average Bonchev–Trinajstić information content (AvgIpc) is 3.31. The largest absolute Gasteiger partial charge is 0.420 e. The first-order valence-electron chi connectivity index (χ1n) is 10.0. The van der Waals surface area contributed by atoms with E-state index in [1.165, 1.54) is 0 Å². The first-order valence-corrected chi connectivity index (χ1v) is 10.0. The predicted octanol–water partition coefficient (Wildman–Crippen LogP) is 3.82. The van der Waals surface area contributed by atoms with E-state index in [2.05, 4.69) is 35.9 Å². The zero-order valence-corrected chi connectivity index (χ0v) is 17.0. The fourth-order valence-electron chi connectivity index (χ4n) is 3.89. The van der Waals surface area contributed by atoms with Gasteiger partial charge in [-0.05, 0) is 12.1 Å². The van der Waals surface area contributed by atoms with Crippen LogP contribution in [-0.2, 0) is 12.4 Å². The Morgan fingerprint density at radius 1 is 1.03 bits per heavy atom. The molecule has 0 radical (unpaired) electrons. The van der Waals surface area contributed by atoms with E-state index in [1.54, 1.807) is 0 Å². The number of aromatic amines is 1. The highest BCUT2D eigenvalue weighted by atomic mass is 19.4. The molecule has 1 saturated heterocycles. The third-order valence-corrected chi connectivity index (χ3v) is 5.42. The second-order valence-electron chi connectivity index (χ2n) is 7.83. The standard InChI is InChI=1S/C19H15F7N8/c20-9-3-10(5-27-4-9)29-17-28-6-11(19(24,25)26)14(30-17)15-13-12-2-1-8(18(21,22)23)7-34(12)33-16(13)32-31-15/h1-2,6-7,9-10,27H,3-5H2,(H,32,33)(H,28,29,30)/t9-,10-/m0/s1. The van der Waals surface area contributed by atoms with Crippen molar-refractivity contribution in [3.63, 3.8) is 0 Å². The lowest BCUT2D eigenvalue weighted by molar-refractivity contribution is -0.138. The van der Waals surface area contributed by atoms with Gasteiger partial charge in [0.25, 0.3) is 0 Å². The maximum absolute atomic E-state index is 13.8. The van der Waals surface area contributed by atoms with Crippen LogP contribution in [0.4, 0.5) is 36.7 Å². The second-order valence-corrected chi connectivity index (χ2v) is 7.83. The van der Waals surface area contributed by atoms with Gasteiger partial charge in [-0.2, -0.15) is 31.4 Å². The molecule has 5 heterocycles. The number of halogens is 7. The number of nitrogens with zero attached hydrogens (tertiary/aromatic N) is 5. The molecule has 34 heavy (non-hydrogen) atoms. The smallest absolute Gasteiger partial charge is 0.350 e. The molecule has 1 fully saturated rings. The molecule has 2 atom stereocenters. The Hall–Kier alpha value is -3.49. The highest BCUT2D eigenvalue weighted by Gasteiger charge is 2.37. The number of hydrogen-bond acceptors (Lipinski definition) is 6. The van der Waals surface area contributed by atoms with Crippen LogP contribution in [0.5, 0.6) is 0 Å². The van der Waals surface area contributed by atoms with Crippen molar-refractivity contribution < 1.29 is 30.7 Å². The van der Waals surface area contributed by atoms with Crippen LogP contribution in [0.3, 0.4) is 0 Å². The molecule has 8 nitrogen and oxygen atoms in total. The molecule has 180 valence electrons. The van der Waals surface area contributed by atoms with Crippen LogP contribution in [0.2, 0.25) is 0 Å². The summed E-state index contributed by atoms with van der Waals surface area (Å²) in [6.07, 6.45) is -9.17. The quantitative estimate of drug-likeness (QED) is 0.380. The number of hydrogen-bond donors (Lipinski definition) is 3. The molecule has 15 heteroatoms. The molecule has 4 aromatic heterocycles. The van der Waals surface area contributed by atoms with E-state index in [0.29, 0.717) is 12.7 Å². The van der Waals surface area contributed by atoms with Crippen LogP contribution in [0.15, 0.2) is 24.5 Å². The maximum atomic E-state index is 13.8. The molecule has 0 bridgehead atoms. The minimum absolute atomic E-state index is 0.0210. The summed E-state index contributed by atoms with van der Waals surface area (Å²) < 4.78 is 95.0. The fraction of sp³-hybridized carbons (Fsp3) is 0.368. The maximum Gasteiger partial charge on any atom is 0.420 e. The molecule has 0 unspecified atom stereocenters. The van der Waals surface area contributed by atoms with Gasteiger partial charge < -0.3 is 10.6 Å².